The van der Waals surface area contributed by atoms with Gasteiger partial charge in [0.05, 0.1) is 7.11 Å². The summed E-state index contributed by atoms with van der Waals surface area (Å²) in [5.74, 6) is 1.97. The normalized spacial score (nSPS) is 10.3. The first-order chi connectivity index (χ1) is 7.33. The van der Waals surface area contributed by atoms with Crippen LogP contribution >= 0.6 is 11.6 Å². The molecule has 2 aromatic rings. The quantitative estimate of drug-likeness (QED) is 0.752. The summed E-state index contributed by atoms with van der Waals surface area (Å²) in [4.78, 5) is 4.10. The average molecular weight is 225 g/mol. The first-order valence-corrected chi connectivity index (χ1v) is 4.90. The highest BCUT2D eigenvalue weighted by Crippen LogP contribution is 2.19. The van der Waals surface area contributed by atoms with Gasteiger partial charge in [0.1, 0.15) is 11.6 Å². The lowest BCUT2D eigenvalue weighted by Gasteiger charge is -1.98. The molecule has 1 aromatic heterocycles. The summed E-state index contributed by atoms with van der Waals surface area (Å²) >= 11 is 5.56. The smallest absolute Gasteiger partial charge is 0.241 e. The first kappa shape index (κ1) is 9.98. The molecule has 0 radical (unpaired) electrons. The van der Waals surface area contributed by atoms with Crippen molar-refractivity contribution in [2.45, 2.75) is 5.88 Å². The maximum Gasteiger partial charge on any atom is 0.241 e. The summed E-state index contributed by atoms with van der Waals surface area (Å²) in [5.41, 5.74) is 0.871. The molecule has 0 fully saturated rings. The monoisotopic (exact) mass is 224 g/mol. The van der Waals surface area contributed by atoms with E-state index >= 15 is 0 Å². The van der Waals surface area contributed by atoms with E-state index in [4.69, 9.17) is 20.9 Å². The maximum atomic E-state index is 5.56. The van der Waals surface area contributed by atoms with Gasteiger partial charge in [0, 0.05) is 5.56 Å². The van der Waals surface area contributed by atoms with Crippen molar-refractivity contribution in [3.63, 3.8) is 0 Å². The predicted molar refractivity (Wildman–Crippen MR) is 55.8 cm³/mol. The number of ether oxygens (including phenoxy) is 1. The van der Waals surface area contributed by atoms with Crippen molar-refractivity contribution in [2.75, 3.05) is 7.11 Å². The predicted octanol–water partition coefficient (Wildman–Crippen LogP) is 2.48. The van der Waals surface area contributed by atoms with Gasteiger partial charge < -0.3 is 9.26 Å². The molecule has 15 heavy (non-hydrogen) atoms. The lowest BCUT2D eigenvalue weighted by Crippen LogP contribution is -1.84. The summed E-state index contributed by atoms with van der Waals surface area (Å²) in [6, 6.07) is 7.40. The highest BCUT2D eigenvalue weighted by atomic mass is 35.5. The number of hydrogen-bond acceptors (Lipinski definition) is 4. The van der Waals surface area contributed by atoms with E-state index in [0.29, 0.717) is 11.7 Å². The highest BCUT2D eigenvalue weighted by Gasteiger charge is 2.07. The Hall–Kier alpha value is -1.55. The van der Waals surface area contributed by atoms with Gasteiger partial charge in [-0.1, -0.05) is 5.16 Å². The molecule has 0 N–H and O–H groups in total. The molecule has 5 heteroatoms. The van der Waals surface area contributed by atoms with Gasteiger partial charge in [-0.15, -0.1) is 11.6 Å². The van der Waals surface area contributed by atoms with Gasteiger partial charge in [-0.3, -0.25) is 0 Å². The molecule has 1 aromatic carbocycles. The first-order valence-electron chi connectivity index (χ1n) is 4.36. The molecule has 1 heterocycles. The van der Waals surface area contributed by atoms with Gasteiger partial charge >= 0.3 is 0 Å². The van der Waals surface area contributed by atoms with Gasteiger partial charge in [-0.2, -0.15) is 4.98 Å². The van der Waals surface area contributed by atoms with E-state index in [9.17, 15) is 0 Å². The molecule has 0 saturated heterocycles. The number of aromatic nitrogens is 2. The number of nitrogens with zero attached hydrogens (tertiary/aromatic N) is 2. The fourth-order valence-electron chi connectivity index (χ4n) is 1.17. The molecular weight excluding hydrogens is 216 g/mol. The molecule has 0 aliphatic heterocycles. The molecule has 0 amide bonds. The van der Waals surface area contributed by atoms with E-state index in [1.165, 1.54) is 0 Å². The van der Waals surface area contributed by atoms with Crippen LogP contribution in [0.5, 0.6) is 5.75 Å². The van der Waals surface area contributed by atoms with Gasteiger partial charge in [0.25, 0.3) is 0 Å². The zero-order valence-corrected chi connectivity index (χ0v) is 8.86. The van der Waals surface area contributed by atoms with Crippen molar-refractivity contribution < 1.29 is 9.26 Å². The second-order valence-corrected chi connectivity index (χ2v) is 3.14. The Labute approximate surface area is 91.8 Å². The Balaban J connectivity index is 2.28. The molecule has 0 spiro atoms. The van der Waals surface area contributed by atoms with E-state index in [0.717, 1.165) is 11.3 Å². The average Bonchev–Trinajstić information content (AvgIpc) is 2.78. The van der Waals surface area contributed by atoms with E-state index in [1.807, 2.05) is 24.3 Å². The second kappa shape index (κ2) is 4.31. The summed E-state index contributed by atoms with van der Waals surface area (Å²) in [6.45, 7) is 0. The molecule has 0 unspecified atom stereocenters. The fourth-order valence-corrected chi connectivity index (χ4v) is 1.28. The standard InChI is InChI=1S/C10H9ClN2O2/c1-14-8-4-2-7(3-5-8)10-12-9(6-11)15-13-10/h2-5H,6H2,1H3. The molecule has 4 nitrogen and oxygen atoms in total. The number of halogens is 1. The number of rotatable bonds is 3. The van der Waals surface area contributed by atoms with Crippen LogP contribution in [0.15, 0.2) is 28.8 Å². The molecular formula is C10H9ClN2O2. The third kappa shape index (κ3) is 2.10. The minimum atomic E-state index is 0.225. The number of methoxy groups -OCH3 is 1. The Bertz CT molecular complexity index is 439. The topological polar surface area (TPSA) is 48.2 Å². The van der Waals surface area contributed by atoms with Crippen LogP contribution in [-0.2, 0) is 5.88 Å². The number of alkyl halides is 1. The van der Waals surface area contributed by atoms with Gasteiger partial charge in [-0.05, 0) is 24.3 Å². The third-order valence-corrected chi connectivity index (χ3v) is 2.16. The molecule has 2 rings (SSSR count). The van der Waals surface area contributed by atoms with E-state index in [2.05, 4.69) is 10.1 Å². The number of benzene rings is 1. The highest BCUT2D eigenvalue weighted by molar-refractivity contribution is 6.16. The molecule has 0 aliphatic rings. The van der Waals surface area contributed by atoms with Crippen LogP contribution in [0.4, 0.5) is 0 Å². The molecule has 0 atom stereocenters. The van der Waals surface area contributed by atoms with Gasteiger partial charge in [0.15, 0.2) is 0 Å². The summed E-state index contributed by atoms with van der Waals surface area (Å²) < 4.78 is 9.95. The lowest BCUT2D eigenvalue weighted by molar-refractivity contribution is 0.391. The molecule has 0 bridgehead atoms. The Morgan fingerprint density at radius 1 is 1.33 bits per heavy atom. The Kier molecular flexibility index (Phi) is 2.87. The SMILES string of the molecule is COc1ccc(-c2noc(CCl)n2)cc1. The van der Waals surface area contributed by atoms with Crippen LogP contribution in [0.2, 0.25) is 0 Å². The van der Waals surface area contributed by atoms with Crippen LogP contribution < -0.4 is 4.74 Å². The van der Waals surface area contributed by atoms with Crippen molar-refractivity contribution >= 4 is 11.6 Å². The van der Waals surface area contributed by atoms with Crippen LogP contribution in [0.1, 0.15) is 5.89 Å². The van der Waals surface area contributed by atoms with Crippen LogP contribution in [0, 0.1) is 0 Å². The molecule has 78 valence electrons. The molecule has 0 aliphatic carbocycles. The second-order valence-electron chi connectivity index (χ2n) is 2.87. The van der Waals surface area contributed by atoms with Gasteiger partial charge in [0.2, 0.25) is 11.7 Å². The van der Waals surface area contributed by atoms with E-state index in [1.54, 1.807) is 7.11 Å². The van der Waals surface area contributed by atoms with E-state index < -0.39 is 0 Å². The van der Waals surface area contributed by atoms with Crippen molar-refractivity contribution in [1.82, 2.24) is 10.1 Å². The maximum absolute atomic E-state index is 5.56. The summed E-state index contributed by atoms with van der Waals surface area (Å²) in [6.07, 6.45) is 0. The van der Waals surface area contributed by atoms with E-state index in [-0.39, 0.29) is 5.88 Å². The van der Waals surface area contributed by atoms with Crippen molar-refractivity contribution in [3.05, 3.63) is 30.2 Å². The van der Waals surface area contributed by atoms with Crippen molar-refractivity contribution in [1.29, 1.82) is 0 Å². The number of hydrogen-bond donors (Lipinski definition) is 0. The van der Waals surface area contributed by atoms with Crippen LogP contribution in [0.25, 0.3) is 11.4 Å². The van der Waals surface area contributed by atoms with Crippen molar-refractivity contribution in [2.24, 2.45) is 0 Å². The summed E-state index contributed by atoms with van der Waals surface area (Å²) in [5, 5.41) is 3.80. The van der Waals surface area contributed by atoms with Crippen LogP contribution in [0.3, 0.4) is 0 Å². The van der Waals surface area contributed by atoms with Gasteiger partial charge in [-0.25, -0.2) is 0 Å². The Morgan fingerprint density at radius 2 is 2.07 bits per heavy atom. The zero-order chi connectivity index (χ0) is 10.7. The minimum absolute atomic E-state index is 0.225. The largest absolute Gasteiger partial charge is 0.497 e. The van der Waals surface area contributed by atoms with Crippen molar-refractivity contribution in [3.8, 4) is 17.1 Å². The minimum Gasteiger partial charge on any atom is -0.497 e. The lowest BCUT2D eigenvalue weighted by atomic mass is 10.2. The zero-order valence-electron chi connectivity index (χ0n) is 8.11. The fraction of sp³-hybridized carbons (Fsp3) is 0.200. The van der Waals surface area contributed by atoms with Crippen LogP contribution in [-0.4, -0.2) is 17.3 Å². The molecule has 0 saturated carbocycles. The third-order valence-electron chi connectivity index (χ3n) is 1.93. The summed E-state index contributed by atoms with van der Waals surface area (Å²) in [7, 11) is 1.62. The Morgan fingerprint density at radius 3 is 2.60 bits per heavy atom.